The first kappa shape index (κ1) is 15.0. The van der Waals surface area contributed by atoms with Crippen molar-refractivity contribution in [1.82, 2.24) is 0 Å². The van der Waals surface area contributed by atoms with Crippen LogP contribution in [0.1, 0.15) is 18.1 Å². The Morgan fingerprint density at radius 3 is 2.76 bits per heavy atom. The van der Waals surface area contributed by atoms with Crippen LogP contribution >= 0.6 is 0 Å². The van der Waals surface area contributed by atoms with E-state index in [1.165, 1.54) is 12.1 Å². The van der Waals surface area contributed by atoms with Crippen LogP contribution in [0.5, 0.6) is 5.75 Å². The summed E-state index contributed by atoms with van der Waals surface area (Å²) in [4.78, 5) is 11.9. The summed E-state index contributed by atoms with van der Waals surface area (Å²) in [5, 5.41) is 2.65. The molecule has 0 heterocycles. The summed E-state index contributed by atoms with van der Waals surface area (Å²) in [6.45, 7) is 3.73. The Morgan fingerprint density at radius 1 is 1.24 bits per heavy atom. The highest BCUT2D eigenvalue weighted by molar-refractivity contribution is 5.92. The van der Waals surface area contributed by atoms with Crippen LogP contribution in [0, 0.1) is 12.7 Å². The van der Waals surface area contributed by atoms with Gasteiger partial charge in [0.1, 0.15) is 11.6 Å². The van der Waals surface area contributed by atoms with E-state index in [0.29, 0.717) is 11.4 Å². The van der Waals surface area contributed by atoms with Crippen LogP contribution in [-0.2, 0) is 11.2 Å². The molecular formula is C17H18FNO2. The van der Waals surface area contributed by atoms with Crippen LogP contribution in [-0.4, -0.2) is 12.5 Å². The Labute approximate surface area is 123 Å². The van der Waals surface area contributed by atoms with Crippen molar-refractivity contribution in [1.29, 1.82) is 0 Å². The zero-order valence-corrected chi connectivity index (χ0v) is 12.2. The van der Waals surface area contributed by atoms with E-state index in [-0.39, 0.29) is 18.3 Å². The highest BCUT2D eigenvalue weighted by atomic mass is 19.1. The van der Waals surface area contributed by atoms with E-state index in [1.807, 2.05) is 38.1 Å². The van der Waals surface area contributed by atoms with Gasteiger partial charge < -0.3 is 10.1 Å². The van der Waals surface area contributed by atoms with Gasteiger partial charge in [0.15, 0.2) is 6.61 Å². The molecule has 21 heavy (non-hydrogen) atoms. The molecule has 0 fully saturated rings. The van der Waals surface area contributed by atoms with Crippen molar-refractivity contribution in [2.75, 3.05) is 11.9 Å². The summed E-state index contributed by atoms with van der Waals surface area (Å²) >= 11 is 0. The lowest BCUT2D eigenvalue weighted by molar-refractivity contribution is -0.118. The first-order chi connectivity index (χ1) is 10.1. The molecule has 4 heteroatoms. The maximum Gasteiger partial charge on any atom is 0.262 e. The van der Waals surface area contributed by atoms with E-state index in [1.54, 1.807) is 6.07 Å². The number of para-hydroxylation sites is 1. The van der Waals surface area contributed by atoms with Gasteiger partial charge in [0.05, 0.1) is 0 Å². The van der Waals surface area contributed by atoms with Gasteiger partial charge in [0.2, 0.25) is 0 Å². The smallest absolute Gasteiger partial charge is 0.262 e. The molecule has 0 aliphatic carbocycles. The van der Waals surface area contributed by atoms with Crippen LogP contribution in [0.4, 0.5) is 10.1 Å². The average Bonchev–Trinajstić information content (AvgIpc) is 2.49. The number of carbonyl (C=O) groups is 1. The van der Waals surface area contributed by atoms with Crippen molar-refractivity contribution >= 4 is 11.6 Å². The monoisotopic (exact) mass is 287 g/mol. The lowest BCUT2D eigenvalue weighted by atomic mass is 10.1. The van der Waals surface area contributed by atoms with Gasteiger partial charge in [-0.3, -0.25) is 4.79 Å². The molecule has 3 nitrogen and oxygen atoms in total. The molecular weight excluding hydrogens is 269 g/mol. The highest BCUT2D eigenvalue weighted by Crippen LogP contribution is 2.19. The summed E-state index contributed by atoms with van der Waals surface area (Å²) in [5.74, 6) is 0.00821. The van der Waals surface area contributed by atoms with Crippen LogP contribution in [0.2, 0.25) is 0 Å². The van der Waals surface area contributed by atoms with E-state index in [0.717, 1.165) is 17.5 Å². The fraction of sp³-hybridized carbons (Fsp3) is 0.235. The van der Waals surface area contributed by atoms with Gasteiger partial charge >= 0.3 is 0 Å². The van der Waals surface area contributed by atoms with Gasteiger partial charge in [-0.15, -0.1) is 0 Å². The second kappa shape index (κ2) is 6.88. The first-order valence-corrected chi connectivity index (χ1v) is 6.87. The number of hydrogen-bond acceptors (Lipinski definition) is 2. The second-order valence-electron chi connectivity index (χ2n) is 4.76. The van der Waals surface area contributed by atoms with Gasteiger partial charge in [0.25, 0.3) is 5.91 Å². The number of nitrogens with one attached hydrogen (secondary N) is 1. The van der Waals surface area contributed by atoms with Crippen molar-refractivity contribution < 1.29 is 13.9 Å². The Hall–Kier alpha value is -2.36. The average molecular weight is 287 g/mol. The first-order valence-electron chi connectivity index (χ1n) is 6.87. The van der Waals surface area contributed by atoms with Gasteiger partial charge in [-0.2, -0.15) is 0 Å². The van der Waals surface area contributed by atoms with Gasteiger partial charge in [-0.25, -0.2) is 4.39 Å². The van der Waals surface area contributed by atoms with Gasteiger partial charge in [-0.1, -0.05) is 31.2 Å². The molecule has 2 aromatic carbocycles. The quantitative estimate of drug-likeness (QED) is 0.910. The van der Waals surface area contributed by atoms with Gasteiger partial charge in [-0.05, 0) is 42.7 Å². The molecule has 0 spiro atoms. The van der Waals surface area contributed by atoms with Crippen molar-refractivity contribution in [3.05, 3.63) is 59.4 Å². The standard InChI is InChI=1S/C17H18FNO2/c1-3-13-6-4-5-7-16(13)21-11-17(20)19-15-10-14(18)9-8-12(15)2/h4-10H,3,11H2,1-2H3,(H,19,20). The lowest BCUT2D eigenvalue weighted by Crippen LogP contribution is -2.21. The minimum Gasteiger partial charge on any atom is -0.483 e. The van der Waals surface area contributed by atoms with Gasteiger partial charge in [0, 0.05) is 5.69 Å². The molecule has 0 aliphatic rings. The highest BCUT2D eigenvalue weighted by Gasteiger charge is 2.08. The SMILES string of the molecule is CCc1ccccc1OCC(=O)Nc1cc(F)ccc1C. The van der Waals surface area contributed by atoms with E-state index >= 15 is 0 Å². The zero-order chi connectivity index (χ0) is 15.2. The number of carbonyl (C=O) groups excluding carboxylic acids is 1. The predicted octanol–water partition coefficient (Wildman–Crippen LogP) is 3.71. The maximum absolute atomic E-state index is 13.2. The van der Waals surface area contributed by atoms with E-state index in [9.17, 15) is 9.18 Å². The Kier molecular flexibility index (Phi) is 4.93. The molecule has 0 saturated carbocycles. The molecule has 110 valence electrons. The number of rotatable bonds is 5. The molecule has 0 aromatic heterocycles. The molecule has 0 aliphatic heterocycles. The fourth-order valence-electron chi connectivity index (χ4n) is 2.00. The summed E-state index contributed by atoms with van der Waals surface area (Å²) in [5.41, 5.74) is 2.32. The largest absolute Gasteiger partial charge is 0.483 e. The molecule has 2 rings (SSSR count). The number of aryl methyl sites for hydroxylation is 2. The molecule has 2 aromatic rings. The van der Waals surface area contributed by atoms with Crippen LogP contribution in [0.25, 0.3) is 0 Å². The third kappa shape index (κ3) is 4.05. The summed E-state index contributed by atoms with van der Waals surface area (Å²) in [6, 6.07) is 11.9. The predicted molar refractivity (Wildman–Crippen MR) is 81.1 cm³/mol. The molecule has 1 N–H and O–H groups in total. The minimum atomic E-state index is -0.381. The number of halogens is 1. The van der Waals surface area contributed by atoms with Crippen molar-refractivity contribution in [3.8, 4) is 5.75 Å². The summed E-state index contributed by atoms with van der Waals surface area (Å²) in [6.07, 6.45) is 0.834. The zero-order valence-electron chi connectivity index (χ0n) is 12.2. The van der Waals surface area contributed by atoms with Crippen molar-refractivity contribution in [2.45, 2.75) is 20.3 Å². The molecule has 0 saturated heterocycles. The van der Waals surface area contributed by atoms with Crippen LogP contribution < -0.4 is 10.1 Å². The van der Waals surface area contributed by atoms with E-state index in [2.05, 4.69) is 5.32 Å². The van der Waals surface area contributed by atoms with Crippen molar-refractivity contribution in [2.24, 2.45) is 0 Å². The third-order valence-electron chi connectivity index (χ3n) is 3.19. The second-order valence-corrected chi connectivity index (χ2v) is 4.76. The molecule has 0 bridgehead atoms. The third-order valence-corrected chi connectivity index (χ3v) is 3.19. The minimum absolute atomic E-state index is 0.104. The van der Waals surface area contributed by atoms with E-state index in [4.69, 9.17) is 4.74 Å². The lowest BCUT2D eigenvalue weighted by Gasteiger charge is -2.11. The van der Waals surface area contributed by atoms with Crippen molar-refractivity contribution in [3.63, 3.8) is 0 Å². The Balaban J connectivity index is 1.97. The number of hydrogen-bond donors (Lipinski definition) is 1. The summed E-state index contributed by atoms with van der Waals surface area (Å²) < 4.78 is 18.7. The molecule has 0 atom stereocenters. The number of ether oxygens (including phenoxy) is 1. The Bertz CT molecular complexity index is 640. The fourth-order valence-corrected chi connectivity index (χ4v) is 2.00. The maximum atomic E-state index is 13.2. The number of anilines is 1. The molecule has 0 radical (unpaired) electrons. The van der Waals surface area contributed by atoms with Crippen LogP contribution in [0.15, 0.2) is 42.5 Å². The number of amides is 1. The topological polar surface area (TPSA) is 38.3 Å². The normalized spacial score (nSPS) is 10.2. The number of benzene rings is 2. The van der Waals surface area contributed by atoms with Crippen LogP contribution in [0.3, 0.4) is 0 Å². The molecule has 1 amide bonds. The molecule has 0 unspecified atom stereocenters. The summed E-state index contributed by atoms with van der Waals surface area (Å²) in [7, 11) is 0. The van der Waals surface area contributed by atoms with E-state index < -0.39 is 0 Å². The Morgan fingerprint density at radius 2 is 2.00 bits per heavy atom.